The van der Waals surface area contributed by atoms with Crippen LogP contribution in [-0.4, -0.2) is 62.3 Å². The van der Waals surface area contributed by atoms with Crippen LogP contribution in [0.1, 0.15) is 172 Å². The molecule has 53 heavy (non-hydrogen) atoms. The Morgan fingerprint density at radius 1 is 0.472 bits per heavy atom. The molecule has 304 valence electrons. The summed E-state index contributed by atoms with van der Waals surface area (Å²) in [6.07, 6.45) is 11.5. The van der Waals surface area contributed by atoms with Gasteiger partial charge in [-0.25, -0.2) is 0 Å². The average Bonchev–Trinajstić information content (AvgIpc) is 3.03. The predicted molar refractivity (Wildman–Crippen MR) is 235 cm³/mol. The molecule has 0 amide bonds. The van der Waals surface area contributed by atoms with Gasteiger partial charge < -0.3 is 19.3 Å². The van der Waals surface area contributed by atoms with E-state index in [4.69, 9.17) is 9.47 Å². The van der Waals surface area contributed by atoms with Crippen LogP contribution in [0.5, 0.6) is 11.5 Å². The first-order chi connectivity index (χ1) is 24.8. The van der Waals surface area contributed by atoms with Crippen molar-refractivity contribution < 1.29 is 9.47 Å². The molecule has 0 aliphatic heterocycles. The third kappa shape index (κ3) is 18.2. The highest BCUT2D eigenvalue weighted by atomic mass is 32.2. The highest BCUT2D eigenvalue weighted by Crippen LogP contribution is 2.46. The lowest BCUT2D eigenvalue weighted by Crippen LogP contribution is -2.26. The van der Waals surface area contributed by atoms with Crippen LogP contribution < -0.4 is 9.47 Å². The topological polar surface area (TPSA) is 24.9 Å². The molecular weight excluding hydrogens is 669 g/mol. The number of unbranched alkanes of at least 4 members (excludes halogenated alkanes) is 2. The Balaban J connectivity index is 2.45. The van der Waals surface area contributed by atoms with Crippen LogP contribution in [0.3, 0.4) is 0 Å². The first-order valence-corrected chi connectivity index (χ1v) is 22.3. The summed E-state index contributed by atoms with van der Waals surface area (Å²) in [7, 11) is 0. The van der Waals surface area contributed by atoms with E-state index in [0.29, 0.717) is 0 Å². The molecule has 0 unspecified atom stereocenters. The van der Waals surface area contributed by atoms with E-state index in [1.165, 1.54) is 72.8 Å². The molecule has 0 bridgehead atoms. The molecule has 0 saturated carbocycles. The van der Waals surface area contributed by atoms with Crippen molar-refractivity contribution in [2.75, 3.05) is 52.5 Å². The van der Waals surface area contributed by atoms with Crippen LogP contribution in [0, 0.1) is 10.8 Å². The van der Waals surface area contributed by atoms with E-state index in [-0.39, 0.29) is 21.7 Å². The average molecular weight is 753 g/mol. The third-order valence-corrected chi connectivity index (χ3v) is 11.1. The van der Waals surface area contributed by atoms with Crippen molar-refractivity contribution in [2.24, 2.45) is 10.8 Å². The summed E-state index contributed by atoms with van der Waals surface area (Å²) in [5, 5.41) is 0. The lowest BCUT2D eigenvalue weighted by atomic mass is 9.72. The van der Waals surface area contributed by atoms with Gasteiger partial charge in [0, 0.05) is 0 Å². The van der Waals surface area contributed by atoms with E-state index in [2.05, 4.69) is 143 Å². The highest BCUT2D eigenvalue weighted by molar-refractivity contribution is 7.99. The van der Waals surface area contributed by atoms with Crippen molar-refractivity contribution in [3.05, 3.63) is 47.5 Å². The Kier molecular flexibility index (Phi) is 20.4. The summed E-state index contributed by atoms with van der Waals surface area (Å²) in [5.41, 5.74) is 3.27. The number of benzene rings is 2. The zero-order valence-electron chi connectivity index (χ0n) is 37.3. The molecule has 0 aromatic heterocycles. The van der Waals surface area contributed by atoms with Gasteiger partial charge in [0.15, 0.2) is 0 Å². The van der Waals surface area contributed by atoms with E-state index >= 15 is 0 Å². The van der Waals surface area contributed by atoms with Gasteiger partial charge in [-0.05, 0) is 161 Å². The third-order valence-electron chi connectivity index (χ3n) is 10.0. The fraction of sp³-hybridized carbons (Fsp3) is 0.750. The van der Waals surface area contributed by atoms with Crippen molar-refractivity contribution in [1.82, 2.24) is 9.80 Å². The maximum Gasteiger partial charge on any atom is 0.133 e. The minimum atomic E-state index is 0.0351. The van der Waals surface area contributed by atoms with Gasteiger partial charge in [0.05, 0.1) is 23.0 Å². The van der Waals surface area contributed by atoms with Crippen molar-refractivity contribution in [3.8, 4) is 11.5 Å². The van der Waals surface area contributed by atoms with Crippen molar-refractivity contribution in [3.63, 3.8) is 0 Å². The summed E-state index contributed by atoms with van der Waals surface area (Å²) in [6.45, 7) is 41.3. The molecule has 2 aromatic rings. The number of hydrogen-bond acceptors (Lipinski definition) is 5. The normalized spacial score (nSPS) is 13.0. The summed E-state index contributed by atoms with van der Waals surface area (Å²) in [4.78, 5) is 7.59. The molecule has 0 aliphatic rings. The van der Waals surface area contributed by atoms with Gasteiger partial charge in [-0.2, -0.15) is 0 Å². The molecule has 2 aromatic carbocycles. The first kappa shape index (κ1) is 47.5. The molecule has 0 radical (unpaired) electrons. The zero-order chi connectivity index (χ0) is 39.7. The van der Waals surface area contributed by atoms with Gasteiger partial charge in [-0.15, -0.1) is 0 Å². The molecule has 0 fully saturated rings. The standard InChI is InChI=1S/C48H84N2O2S/c1-15-27-49(28-16-2)31-19-21-33-51-41-25-23-39(47(11,12)37-45(5,6)7)35-43(41)53-44-36-40(48(13,14)38-46(8,9)10)24-26-42(44)52-34-22-20-32-50(29-17-3)30-18-4/h23-26,35-36H,15-22,27-34,37-38H2,1-14H3. The van der Waals surface area contributed by atoms with Gasteiger partial charge in [-0.3, -0.25) is 0 Å². The van der Waals surface area contributed by atoms with E-state index in [1.807, 2.05) is 11.8 Å². The highest BCUT2D eigenvalue weighted by Gasteiger charge is 2.30. The van der Waals surface area contributed by atoms with Gasteiger partial charge >= 0.3 is 0 Å². The smallest absolute Gasteiger partial charge is 0.133 e. The molecule has 2 rings (SSSR count). The van der Waals surface area contributed by atoms with Gasteiger partial charge in [-0.1, -0.05) is 121 Å². The molecule has 0 spiro atoms. The van der Waals surface area contributed by atoms with Crippen LogP contribution in [0.25, 0.3) is 0 Å². The summed E-state index contributed by atoms with van der Waals surface area (Å²) in [5.74, 6) is 1.98. The predicted octanol–water partition coefficient (Wildman–Crippen LogP) is 13.8. The van der Waals surface area contributed by atoms with E-state index < -0.39 is 0 Å². The summed E-state index contributed by atoms with van der Waals surface area (Å²) < 4.78 is 13.3. The zero-order valence-corrected chi connectivity index (χ0v) is 38.1. The van der Waals surface area contributed by atoms with Crippen molar-refractivity contribution in [1.29, 1.82) is 0 Å². The second-order valence-electron chi connectivity index (χ2n) is 19.5. The largest absolute Gasteiger partial charge is 0.492 e. The van der Waals surface area contributed by atoms with Crippen LogP contribution in [0.4, 0.5) is 0 Å². The SMILES string of the molecule is CCCN(CCC)CCCCOc1ccc(C(C)(C)CC(C)(C)C)cc1Sc1cc(C(C)(C)CC(C)(C)C)ccc1OCCCCN(CCC)CCC. The van der Waals surface area contributed by atoms with Crippen LogP contribution in [0.2, 0.25) is 0 Å². The maximum absolute atomic E-state index is 6.67. The second kappa shape index (κ2) is 22.8. The van der Waals surface area contributed by atoms with Crippen molar-refractivity contribution >= 4 is 11.8 Å². The maximum atomic E-state index is 6.67. The molecule has 0 atom stereocenters. The molecule has 5 heteroatoms. The number of nitrogens with zero attached hydrogens (tertiary/aromatic N) is 2. The Labute approximate surface area is 333 Å². The quantitative estimate of drug-likeness (QED) is 0.0891. The number of rotatable bonds is 26. The number of hydrogen-bond donors (Lipinski definition) is 0. The minimum Gasteiger partial charge on any atom is -0.492 e. The number of ether oxygens (including phenoxy) is 2. The molecule has 0 aliphatic carbocycles. The Morgan fingerprint density at radius 3 is 1.11 bits per heavy atom. The van der Waals surface area contributed by atoms with Crippen LogP contribution in [0.15, 0.2) is 46.2 Å². The molecule has 0 heterocycles. The Morgan fingerprint density at radius 2 is 0.811 bits per heavy atom. The Bertz CT molecular complexity index is 1190. The minimum absolute atomic E-state index is 0.0351. The summed E-state index contributed by atoms with van der Waals surface area (Å²) >= 11 is 1.83. The van der Waals surface area contributed by atoms with Gasteiger partial charge in [0.2, 0.25) is 0 Å². The Hall–Kier alpha value is -1.69. The monoisotopic (exact) mass is 753 g/mol. The van der Waals surface area contributed by atoms with Crippen LogP contribution >= 0.6 is 11.8 Å². The van der Waals surface area contributed by atoms with E-state index in [0.717, 1.165) is 76.3 Å². The fourth-order valence-electron chi connectivity index (χ4n) is 8.41. The molecular formula is C48H84N2O2S. The van der Waals surface area contributed by atoms with E-state index in [1.54, 1.807) is 0 Å². The lowest BCUT2D eigenvalue weighted by Gasteiger charge is -2.34. The van der Waals surface area contributed by atoms with Crippen molar-refractivity contribution in [2.45, 2.75) is 182 Å². The molecule has 4 nitrogen and oxygen atoms in total. The van der Waals surface area contributed by atoms with Gasteiger partial charge in [0.25, 0.3) is 0 Å². The van der Waals surface area contributed by atoms with Crippen LogP contribution in [-0.2, 0) is 10.8 Å². The first-order valence-electron chi connectivity index (χ1n) is 21.5. The summed E-state index contributed by atoms with van der Waals surface area (Å²) in [6, 6.07) is 14.0. The fourth-order valence-corrected chi connectivity index (χ4v) is 9.47. The lowest BCUT2D eigenvalue weighted by molar-refractivity contribution is 0.247. The van der Waals surface area contributed by atoms with Gasteiger partial charge in [0.1, 0.15) is 11.5 Å². The molecule has 0 N–H and O–H groups in total. The van der Waals surface area contributed by atoms with E-state index in [9.17, 15) is 0 Å². The molecule has 0 saturated heterocycles. The second-order valence-corrected chi connectivity index (χ2v) is 20.5.